The highest BCUT2D eigenvalue weighted by molar-refractivity contribution is 14.1. The summed E-state index contributed by atoms with van der Waals surface area (Å²) in [5, 5.41) is 0. The van der Waals surface area contributed by atoms with Crippen molar-refractivity contribution in [1.82, 2.24) is 0 Å². The normalized spacial score (nSPS) is 10.0. The van der Waals surface area contributed by atoms with Gasteiger partial charge in [-0.15, -0.1) is 0 Å². The van der Waals surface area contributed by atoms with Gasteiger partial charge in [-0.2, -0.15) is 0 Å². The van der Waals surface area contributed by atoms with Crippen LogP contribution >= 0.6 is 54.7 Å². The lowest BCUT2D eigenvalue weighted by atomic mass is 10.3. The molecule has 0 bridgehead atoms. The maximum absolute atomic E-state index is 13.0. The molecule has 6 heteroatoms. The molecule has 0 radical (unpaired) electrons. The lowest BCUT2D eigenvalue weighted by Gasteiger charge is -2.08. The predicted molar refractivity (Wildman–Crippen MR) is 63.9 cm³/mol. The molecule has 12 heavy (non-hydrogen) atoms. The van der Waals surface area contributed by atoms with Gasteiger partial charge in [0.25, 0.3) is 0 Å². The molecule has 0 saturated carbocycles. The van der Waals surface area contributed by atoms with E-state index in [1.807, 2.05) is 22.9 Å². The molecule has 1 aromatic carbocycles. The third kappa shape index (κ3) is 1.85. The van der Waals surface area contributed by atoms with Crippen LogP contribution in [0.25, 0.3) is 0 Å². The minimum atomic E-state index is -0.380. The Morgan fingerprint density at radius 2 is 2.08 bits per heavy atom. The van der Waals surface area contributed by atoms with Crippen LogP contribution in [0.5, 0.6) is 0 Å². The molecule has 66 valence electrons. The summed E-state index contributed by atoms with van der Waals surface area (Å²) >= 11 is 8.15. The standard InChI is InChI=1S/C6H4Br2FIN2/c7-2-1-3(9)4(8)5(11)6(2)12-10/h1,12H,11H2. The summed E-state index contributed by atoms with van der Waals surface area (Å²) in [6, 6.07) is 1.35. The Morgan fingerprint density at radius 1 is 1.50 bits per heavy atom. The van der Waals surface area contributed by atoms with Gasteiger partial charge in [-0.3, -0.25) is 0 Å². The first-order chi connectivity index (χ1) is 5.57. The van der Waals surface area contributed by atoms with Crippen LogP contribution < -0.4 is 9.26 Å². The maximum atomic E-state index is 13.0. The fraction of sp³-hybridized carbons (Fsp3) is 0. The molecule has 2 nitrogen and oxygen atoms in total. The highest BCUT2D eigenvalue weighted by atomic mass is 127. The van der Waals surface area contributed by atoms with Crippen LogP contribution in [-0.2, 0) is 0 Å². The minimum Gasteiger partial charge on any atom is -0.396 e. The van der Waals surface area contributed by atoms with Crippen molar-refractivity contribution in [2.45, 2.75) is 0 Å². The lowest BCUT2D eigenvalue weighted by Crippen LogP contribution is -1.96. The number of benzene rings is 1. The van der Waals surface area contributed by atoms with E-state index in [1.54, 1.807) is 0 Å². The number of hydrogen-bond donors (Lipinski definition) is 2. The largest absolute Gasteiger partial charge is 0.396 e. The maximum Gasteiger partial charge on any atom is 0.140 e. The second-order valence-electron chi connectivity index (χ2n) is 2.04. The minimum absolute atomic E-state index is 0.282. The zero-order valence-electron chi connectivity index (χ0n) is 5.67. The Balaban J connectivity index is 3.40. The van der Waals surface area contributed by atoms with E-state index >= 15 is 0 Å². The first-order valence-corrected chi connectivity index (χ1v) is 5.54. The van der Waals surface area contributed by atoms with Gasteiger partial charge < -0.3 is 9.26 Å². The van der Waals surface area contributed by atoms with E-state index in [1.165, 1.54) is 6.07 Å². The topological polar surface area (TPSA) is 38.0 Å². The number of nitrogen functional groups attached to an aromatic ring is 1. The zero-order chi connectivity index (χ0) is 9.30. The van der Waals surface area contributed by atoms with Crippen molar-refractivity contribution in [3.05, 3.63) is 20.8 Å². The Kier molecular flexibility index (Phi) is 3.59. The molecule has 0 aliphatic rings. The molecular weight excluding hydrogens is 406 g/mol. The van der Waals surface area contributed by atoms with E-state index in [0.717, 1.165) is 0 Å². The molecule has 0 amide bonds. The van der Waals surface area contributed by atoms with Crippen LogP contribution in [0.1, 0.15) is 0 Å². The summed E-state index contributed by atoms with van der Waals surface area (Å²) < 4.78 is 16.7. The molecular formula is C6H4Br2FIN2. The van der Waals surface area contributed by atoms with Gasteiger partial charge in [0.2, 0.25) is 0 Å². The van der Waals surface area contributed by atoms with E-state index < -0.39 is 0 Å². The first kappa shape index (κ1) is 10.5. The van der Waals surface area contributed by atoms with E-state index in [4.69, 9.17) is 5.73 Å². The van der Waals surface area contributed by atoms with Crippen LogP contribution in [0.2, 0.25) is 0 Å². The fourth-order valence-corrected chi connectivity index (χ4v) is 2.49. The van der Waals surface area contributed by atoms with Gasteiger partial charge in [0.15, 0.2) is 0 Å². The summed E-state index contributed by atoms with van der Waals surface area (Å²) in [4.78, 5) is 0. The summed E-state index contributed by atoms with van der Waals surface area (Å²) in [5.74, 6) is -0.380. The number of rotatable bonds is 1. The molecule has 0 saturated heterocycles. The highest BCUT2D eigenvalue weighted by Gasteiger charge is 2.11. The molecule has 0 aromatic heterocycles. The summed E-state index contributed by atoms with van der Waals surface area (Å²) in [5.41, 5.74) is 6.64. The van der Waals surface area contributed by atoms with E-state index in [9.17, 15) is 4.39 Å². The number of hydrogen-bond acceptors (Lipinski definition) is 2. The van der Waals surface area contributed by atoms with Gasteiger partial charge >= 0.3 is 0 Å². The second-order valence-corrected chi connectivity index (χ2v) is 4.22. The third-order valence-electron chi connectivity index (χ3n) is 1.30. The van der Waals surface area contributed by atoms with Gasteiger partial charge in [0.1, 0.15) is 5.82 Å². The molecule has 0 heterocycles. The molecule has 0 aliphatic carbocycles. The second kappa shape index (κ2) is 4.10. The molecule has 0 unspecified atom stereocenters. The molecule has 1 rings (SSSR count). The van der Waals surface area contributed by atoms with Crippen molar-refractivity contribution >= 4 is 66.1 Å². The number of nitrogens with one attached hydrogen (secondary N) is 1. The molecule has 0 atom stereocenters. The van der Waals surface area contributed by atoms with E-state index in [-0.39, 0.29) is 10.3 Å². The van der Waals surface area contributed by atoms with Gasteiger partial charge in [0, 0.05) is 4.47 Å². The number of anilines is 2. The summed E-state index contributed by atoms with van der Waals surface area (Å²) in [6.45, 7) is 0. The van der Waals surface area contributed by atoms with Crippen LogP contribution in [0.3, 0.4) is 0 Å². The lowest BCUT2D eigenvalue weighted by molar-refractivity contribution is 0.621. The third-order valence-corrected chi connectivity index (χ3v) is 3.27. The fourth-order valence-electron chi connectivity index (χ4n) is 0.710. The number of halogens is 4. The van der Waals surface area contributed by atoms with Crippen molar-refractivity contribution in [3.63, 3.8) is 0 Å². The monoisotopic (exact) mass is 408 g/mol. The smallest absolute Gasteiger partial charge is 0.140 e. The van der Waals surface area contributed by atoms with Crippen molar-refractivity contribution in [1.29, 1.82) is 0 Å². The van der Waals surface area contributed by atoms with Gasteiger partial charge in [-0.05, 0) is 37.9 Å². The summed E-state index contributed by atoms with van der Waals surface area (Å²) in [7, 11) is 0. The Labute approximate surface area is 99.8 Å². The SMILES string of the molecule is Nc1c(Br)c(F)cc(Br)c1NI. The molecule has 0 spiro atoms. The van der Waals surface area contributed by atoms with Gasteiger partial charge in [0.05, 0.1) is 38.7 Å². The van der Waals surface area contributed by atoms with Crippen molar-refractivity contribution in [2.75, 3.05) is 9.26 Å². The highest BCUT2D eigenvalue weighted by Crippen LogP contribution is 2.37. The van der Waals surface area contributed by atoms with Crippen LogP contribution in [0.4, 0.5) is 15.8 Å². The molecule has 0 aliphatic heterocycles. The molecule has 0 fully saturated rings. The Bertz CT molecular complexity index is 319. The average Bonchev–Trinajstić information content (AvgIpc) is 2.01. The predicted octanol–water partition coefficient (Wildman–Crippen LogP) is 3.69. The van der Waals surface area contributed by atoms with E-state index in [2.05, 4.69) is 35.4 Å². The van der Waals surface area contributed by atoms with Crippen LogP contribution in [-0.4, -0.2) is 0 Å². The van der Waals surface area contributed by atoms with Crippen molar-refractivity contribution in [2.24, 2.45) is 0 Å². The quantitative estimate of drug-likeness (QED) is 0.321. The molecule has 1 aromatic rings. The zero-order valence-corrected chi connectivity index (χ0v) is 11.0. The van der Waals surface area contributed by atoms with Crippen molar-refractivity contribution < 1.29 is 4.39 Å². The first-order valence-electron chi connectivity index (χ1n) is 2.87. The Hall–Kier alpha value is 0.440. The number of nitrogens with two attached hydrogens (primary N) is 1. The van der Waals surface area contributed by atoms with Crippen LogP contribution in [0, 0.1) is 5.82 Å². The van der Waals surface area contributed by atoms with Gasteiger partial charge in [-0.25, -0.2) is 4.39 Å². The van der Waals surface area contributed by atoms with E-state index in [0.29, 0.717) is 15.8 Å². The summed E-state index contributed by atoms with van der Waals surface area (Å²) in [6.07, 6.45) is 0. The average molecular weight is 410 g/mol. The molecule has 3 N–H and O–H groups in total. The van der Waals surface area contributed by atoms with Crippen molar-refractivity contribution in [3.8, 4) is 0 Å². The van der Waals surface area contributed by atoms with Crippen LogP contribution in [0.15, 0.2) is 15.0 Å². The Morgan fingerprint density at radius 3 is 2.58 bits per heavy atom. The van der Waals surface area contributed by atoms with Gasteiger partial charge in [-0.1, -0.05) is 0 Å².